The first-order valence-electron chi connectivity index (χ1n) is 13.2. The Morgan fingerprint density at radius 1 is 1.08 bits per heavy atom. The van der Waals surface area contributed by atoms with Gasteiger partial charge in [0.25, 0.3) is 5.56 Å². The molecule has 1 aromatic carbocycles. The molecule has 2 saturated heterocycles. The number of hydrogen-bond donors (Lipinski definition) is 1. The predicted octanol–water partition coefficient (Wildman–Crippen LogP) is 2.97. The number of aromatic nitrogens is 3. The normalized spacial score (nSPS) is 19.2. The van der Waals surface area contributed by atoms with Crippen molar-refractivity contribution in [2.24, 2.45) is 5.92 Å². The summed E-state index contributed by atoms with van der Waals surface area (Å²) in [4.78, 5) is 40.2. The molecule has 1 unspecified atom stereocenters. The van der Waals surface area contributed by atoms with Crippen molar-refractivity contribution in [1.29, 1.82) is 0 Å². The summed E-state index contributed by atoms with van der Waals surface area (Å²) in [5, 5.41) is 3.20. The van der Waals surface area contributed by atoms with Gasteiger partial charge in [-0.05, 0) is 63.4 Å². The topological polar surface area (TPSA) is 83.4 Å². The van der Waals surface area contributed by atoms with E-state index in [4.69, 9.17) is 4.98 Å². The lowest BCUT2D eigenvalue weighted by Gasteiger charge is -2.32. The summed E-state index contributed by atoms with van der Waals surface area (Å²) in [5.41, 5.74) is 3.39. The number of fused-ring (bicyclic) bond motifs is 1. The van der Waals surface area contributed by atoms with Gasteiger partial charge in [-0.25, -0.2) is 9.97 Å². The fraction of sp³-hybridized carbons (Fsp3) is 0.500. The molecule has 1 atom stereocenters. The number of piperidine rings is 1. The van der Waals surface area contributed by atoms with Crippen LogP contribution in [-0.4, -0.2) is 64.1 Å². The molecule has 8 nitrogen and oxygen atoms in total. The van der Waals surface area contributed by atoms with Crippen molar-refractivity contribution in [2.75, 3.05) is 37.6 Å². The molecule has 3 aromatic rings. The SMILES string of the molecule is CCN1CCCC1CNC(=O)C1CCN(c2nc3cccnc3n(Cc3ccc(C)cc3)c2=O)CC1. The van der Waals surface area contributed by atoms with Crippen LogP contribution in [0, 0.1) is 12.8 Å². The minimum absolute atomic E-state index is 0.0189. The number of likely N-dealkylation sites (tertiary alicyclic amines) is 1. The Balaban J connectivity index is 1.29. The summed E-state index contributed by atoms with van der Waals surface area (Å²) >= 11 is 0. The average molecular weight is 489 g/mol. The lowest BCUT2D eigenvalue weighted by molar-refractivity contribution is -0.125. The minimum atomic E-state index is -0.134. The van der Waals surface area contributed by atoms with Gasteiger partial charge in [0.2, 0.25) is 5.91 Å². The van der Waals surface area contributed by atoms with E-state index in [1.807, 2.05) is 29.2 Å². The van der Waals surface area contributed by atoms with Crippen LogP contribution in [0.4, 0.5) is 5.82 Å². The molecule has 2 aromatic heterocycles. The Morgan fingerprint density at radius 2 is 1.86 bits per heavy atom. The van der Waals surface area contributed by atoms with Crippen molar-refractivity contribution in [2.45, 2.75) is 52.1 Å². The molecule has 2 fully saturated rings. The van der Waals surface area contributed by atoms with Gasteiger partial charge >= 0.3 is 0 Å². The molecule has 8 heteroatoms. The molecule has 2 aliphatic heterocycles. The molecule has 190 valence electrons. The smallest absolute Gasteiger partial charge is 0.295 e. The number of anilines is 1. The highest BCUT2D eigenvalue weighted by Crippen LogP contribution is 2.23. The number of nitrogens with one attached hydrogen (secondary N) is 1. The van der Waals surface area contributed by atoms with Gasteiger partial charge in [-0.15, -0.1) is 0 Å². The molecule has 0 spiro atoms. The fourth-order valence-electron chi connectivity index (χ4n) is 5.55. The highest BCUT2D eigenvalue weighted by atomic mass is 16.2. The molecule has 0 bridgehead atoms. The lowest BCUT2D eigenvalue weighted by atomic mass is 9.95. The van der Waals surface area contributed by atoms with E-state index >= 15 is 0 Å². The number of aryl methyl sites for hydroxylation is 1. The van der Waals surface area contributed by atoms with Gasteiger partial charge in [0.1, 0.15) is 5.52 Å². The first kappa shape index (κ1) is 24.4. The Morgan fingerprint density at radius 3 is 2.61 bits per heavy atom. The number of hydrogen-bond acceptors (Lipinski definition) is 6. The van der Waals surface area contributed by atoms with E-state index in [-0.39, 0.29) is 17.4 Å². The number of nitrogens with zero attached hydrogens (tertiary/aromatic N) is 5. The number of likely N-dealkylation sites (N-methyl/N-ethyl adjacent to an activating group) is 1. The summed E-state index contributed by atoms with van der Waals surface area (Å²) in [7, 11) is 0. The van der Waals surface area contributed by atoms with Crippen LogP contribution in [0.5, 0.6) is 0 Å². The molecular formula is C28H36N6O2. The monoisotopic (exact) mass is 488 g/mol. The summed E-state index contributed by atoms with van der Waals surface area (Å²) in [6.07, 6.45) is 5.51. The quantitative estimate of drug-likeness (QED) is 0.551. The summed E-state index contributed by atoms with van der Waals surface area (Å²) in [5.74, 6) is 0.575. The standard InChI is InChI=1S/C28H36N6O2/c1-3-32-15-5-6-23(32)18-30-27(35)22-12-16-33(17-13-22)26-28(36)34(19-21-10-8-20(2)9-11-21)25-24(31-26)7-4-14-29-25/h4,7-11,14,22-23H,3,5-6,12-13,15-19H2,1-2H3,(H,30,35). The number of pyridine rings is 1. The third-order valence-electron chi connectivity index (χ3n) is 7.73. The molecule has 4 heterocycles. The first-order valence-corrected chi connectivity index (χ1v) is 13.2. The second-order valence-corrected chi connectivity index (χ2v) is 10.1. The van der Waals surface area contributed by atoms with Crippen molar-refractivity contribution in [1.82, 2.24) is 24.8 Å². The van der Waals surface area contributed by atoms with Crippen LogP contribution in [-0.2, 0) is 11.3 Å². The van der Waals surface area contributed by atoms with Gasteiger partial charge in [-0.2, -0.15) is 0 Å². The van der Waals surface area contributed by atoms with Crippen LogP contribution in [0.1, 0.15) is 43.7 Å². The van der Waals surface area contributed by atoms with Crippen molar-refractivity contribution < 1.29 is 4.79 Å². The Labute approximate surface area is 212 Å². The molecule has 0 saturated carbocycles. The van der Waals surface area contributed by atoms with Gasteiger partial charge in [0, 0.05) is 37.8 Å². The van der Waals surface area contributed by atoms with E-state index in [0.717, 1.165) is 44.5 Å². The Kier molecular flexibility index (Phi) is 7.32. The van der Waals surface area contributed by atoms with E-state index in [2.05, 4.69) is 41.2 Å². The van der Waals surface area contributed by atoms with Crippen LogP contribution in [0.25, 0.3) is 11.2 Å². The van der Waals surface area contributed by atoms with Gasteiger partial charge in [-0.1, -0.05) is 36.8 Å². The second-order valence-electron chi connectivity index (χ2n) is 10.1. The highest BCUT2D eigenvalue weighted by molar-refractivity contribution is 5.79. The number of benzene rings is 1. The van der Waals surface area contributed by atoms with Crippen LogP contribution >= 0.6 is 0 Å². The zero-order valence-corrected chi connectivity index (χ0v) is 21.3. The zero-order chi connectivity index (χ0) is 25.1. The Bertz CT molecular complexity index is 1260. The summed E-state index contributed by atoms with van der Waals surface area (Å²) in [6, 6.07) is 12.4. The van der Waals surface area contributed by atoms with Crippen LogP contribution in [0.15, 0.2) is 47.4 Å². The minimum Gasteiger partial charge on any atom is -0.354 e. The third kappa shape index (κ3) is 5.14. The Hall–Kier alpha value is -3.26. The van der Waals surface area contributed by atoms with Gasteiger partial charge in [0.15, 0.2) is 11.5 Å². The van der Waals surface area contributed by atoms with E-state index in [9.17, 15) is 9.59 Å². The van der Waals surface area contributed by atoms with Gasteiger partial charge in [0.05, 0.1) is 6.54 Å². The second kappa shape index (κ2) is 10.8. The zero-order valence-electron chi connectivity index (χ0n) is 21.3. The number of carbonyl (C=O) groups is 1. The van der Waals surface area contributed by atoms with E-state index < -0.39 is 0 Å². The highest BCUT2D eigenvalue weighted by Gasteiger charge is 2.29. The third-order valence-corrected chi connectivity index (χ3v) is 7.73. The van der Waals surface area contributed by atoms with Crippen LogP contribution in [0.2, 0.25) is 0 Å². The largest absolute Gasteiger partial charge is 0.354 e. The van der Waals surface area contributed by atoms with Crippen molar-refractivity contribution in [3.63, 3.8) is 0 Å². The van der Waals surface area contributed by atoms with Crippen molar-refractivity contribution in [3.05, 3.63) is 64.1 Å². The molecule has 0 aliphatic carbocycles. The first-order chi connectivity index (χ1) is 17.5. The average Bonchev–Trinajstić information content (AvgIpc) is 3.37. The molecule has 2 aliphatic rings. The predicted molar refractivity (Wildman–Crippen MR) is 142 cm³/mol. The number of rotatable bonds is 7. The molecular weight excluding hydrogens is 452 g/mol. The van der Waals surface area contributed by atoms with Crippen molar-refractivity contribution in [3.8, 4) is 0 Å². The molecule has 36 heavy (non-hydrogen) atoms. The summed E-state index contributed by atoms with van der Waals surface area (Å²) in [6.45, 7) is 8.85. The maximum atomic E-state index is 13.6. The maximum Gasteiger partial charge on any atom is 0.295 e. The van der Waals surface area contributed by atoms with Crippen LogP contribution in [0.3, 0.4) is 0 Å². The molecule has 0 radical (unpaired) electrons. The van der Waals surface area contributed by atoms with E-state index in [1.54, 1.807) is 10.8 Å². The number of amides is 1. The lowest BCUT2D eigenvalue weighted by Crippen LogP contribution is -2.46. The van der Waals surface area contributed by atoms with E-state index in [0.29, 0.717) is 42.7 Å². The molecule has 5 rings (SSSR count). The van der Waals surface area contributed by atoms with Gasteiger partial charge < -0.3 is 10.2 Å². The van der Waals surface area contributed by atoms with Gasteiger partial charge in [-0.3, -0.25) is 19.1 Å². The maximum absolute atomic E-state index is 13.6. The van der Waals surface area contributed by atoms with Crippen LogP contribution < -0.4 is 15.8 Å². The fourth-order valence-corrected chi connectivity index (χ4v) is 5.55. The number of carbonyl (C=O) groups excluding carboxylic acids is 1. The van der Waals surface area contributed by atoms with Crippen molar-refractivity contribution >= 4 is 22.9 Å². The van der Waals surface area contributed by atoms with E-state index in [1.165, 1.54) is 12.0 Å². The summed E-state index contributed by atoms with van der Waals surface area (Å²) < 4.78 is 1.72. The molecule has 1 N–H and O–H groups in total. The molecule has 1 amide bonds.